The molecule has 0 aliphatic carbocycles. The highest BCUT2D eigenvalue weighted by Gasteiger charge is 2.11. The zero-order valence-corrected chi connectivity index (χ0v) is 15.5. The zero-order valence-electron chi connectivity index (χ0n) is 15.5. The van der Waals surface area contributed by atoms with Gasteiger partial charge in [0.2, 0.25) is 5.95 Å². The van der Waals surface area contributed by atoms with Crippen molar-refractivity contribution in [3.05, 3.63) is 89.2 Å². The van der Waals surface area contributed by atoms with Crippen molar-refractivity contribution in [1.82, 2.24) is 15.3 Å². The van der Waals surface area contributed by atoms with Crippen LogP contribution in [0.4, 0.5) is 5.95 Å². The van der Waals surface area contributed by atoms with E-state index in [9.17, 15) is 4.79 Å². The van der Waals surface area contributed by atoms with Gasteiger partial charge < -0.3 is 10.6 Å². The lowest BCUT2D eigenvalue weighted by Crippen LogP contribution is -2.26. The van der Waals surface area contributed by atoms with Crippen LogP contribution >= 0.6 is 0 Å². The molecule has 2 aromatic carbocycles. The highest BCUT2D eigenvalue weighted by Crippen LogP contribution is 2.09. The lowest BCUT2D eigenvalue weighted by molar-refractivity contribution is 0.0952. The van der Waals surface area contributed by atoms with Crippen LogP contribution in [-0.4, -0.2) is 22.4 Å². The van der Waals surface area contributed by atoms with Crippen LogP contribution in [0.1, 0.15) is 33.6 Å². The minimum absolute atomic E-state index is 0.129. The lowest BCUT2D eigenvalue weighted by atomic mass is 10.1. The first-order chi connectivity index (χ1) is 13.2. The van der Waals surface area contributed by atoms with Crippen LogP contribution in [0, 0.1) is 6.92 Å². The highest BCUT2D eigenvalue weighted by atomic mass is 16.1. The Morgan fingerprint density at radius 3 is 2.30 bits per heavy atom. The molecule has 0 saturated heterocycles. The molecule has 0 spiro atoms. The van der Waals surface area contributed by atoms with E-state index < -0.39 is 0 Å². The third-order valence-electron chi connectivity index (χ3n) is 4.29. The molecule has 1 heterocycles. The van der Waals surface area contributed by atoms with Gasteiger partial charge in [-0.2, -0.15) is 0 Å². The molecular weight excluding hydrogens is 336 g/mol. The second-order valence-corrected chi connectivity index (χ2v) is 6.38. The average molecular weight is 360 g/mol. The first-order valence-corrected chi connectivity index (χ1v) is 9.16. The van der Waals surface area contributed by atoms with Crippen molar-refractivity contribution >= 4 is 11.9 Å². The fourth-order valence-corrected chi connectivity index (χ4v) is 2.79. The normalized spacial score (nSPS) is 10.4. The summed E-state index contributed by atoms with van der Waals surface area (Å²) < 4.78 is 0. The molecule has 0 saturated carbocycles. The number of carbonyl (C=O) groups is 1. The second-order valence-electron chi connectivity index (χ2n) is 6.38. The minimum atomic E-state index is -0.129. The topological polar surface area (TPSA) is 66.9 Å². The summed E-state index contributed by atoms with van der Waals surface area (Å²) in [4.78, 5) is 21.0. The van der Waals surface area contributed by atoms with Crippen molar-refractivity contribution in [3.63, 3.8) is 0 Å². The van der Waals surface area contributed by atoms with Crippen LogP contribution < -0.4 is 10.6 Å². The van der Waals surface area contributed by atoms with Gasteiger partial charge in [0, 0.05) is 19.3 Å². The van der Waals surface area contributed by atoms with Gasteiger partial charge in [0.1, 0.15) is 0 Å². The van der Waals surface area contributed by atoms with Crippen LogP contribution in [0.15, 0.2) is 66.9 Å². The van der Waals surface area contributed by atoms with E-state index in [1.165, 1.54) is 5.56 Å². The number of aromatic nitrogens is 2. The lowest BCUT2D eigenvalue weighted by Gasteiger charge is -2.09. The van der Waals surface area contributed by atoms with Crippen LogP contribution in [0.5, 0.6) is 0 Å². The quantitative estimate of drug-likeness (QED) is 0.600. The van der Waals surface area contributed by atoms with Crippen molar-refractivity contribution in [2.24, 2.45) is 0 Å². The molecule has 0 bridgehead atoms. The third kappa shape index (κ3) is 5.64. The number of hydrogen-bond donors (Lipinski definition) is 2. The summed E-state index contributed by atoms with van der Waals surface area (Å²) in [6.45, 7) is 3.10. The standard InChI is InChI=1S/C22H24N4O/c1-17-20(21(27)23-14-8-13-18-9-4-2-5-10-18)16-25-22(26-17)24-15-19-11-6-3-7-12-19/h2-7,9-12,16H,8,13-15H2,1H3,(H,23,27)(H,24,25,26). The van der Waals surface area contributed by atoms with Crippen LogP contribution in [0.2, 0.25) is 0 Å². The Morgan fingerprint density at radius 2 is 1.63 bits per heavy atom. The fourth-order valence-electron chi connectivity index (χ4n) is 2.79. The maximum absolute atomic E-state index is 12.4. The Bertz CT molecular complexity index is 866. The van der Waals surface area contributed by atoms with E-state index in [1.54, 1.807) is 6.20 Å². The SMILES string of the molecule is Cc1nc(NCc2ccccc2)ncc1C(=O)NCCCc1ccccc1. The number of anilines is 1. The van der Waals surface area contributed by atoms with Crippen molar-refractivity contribution in [2.45, 2.75) is 26.3 Å². The molecule has 0 atom stereocenters. The van der Waals surface area contributed by atoms with Gasteiger partial charge in [0.05, 0.1) is 11.3 Å². The largest absolute Gasteiger partial charge is 0.352 e. The fraction of sp³-hybridized carbons (Fsp3) is 0.227. The maximum atomic E-state index is 12.4. The molecule has 1 amide bonds. The number of carbonyl (C=O) groups excluding carboxylic acids is 1. The van der Waals surface area contributed by atoms with Gasteiger partial charge in [-0.05, 0) is 30.9 Å². The molecule has 0 aliphatic rings. The summed E-state index contributed by atoms with van der Waals surface area (Å²) in [5.41, 5.74) is 3.61. The molecule has 27 heavy (non-hydrogen) atoms. The van der Waals surface area contributed by atoms with Crippen LogP contribution in [0.3, 0.4) is 0 Å². The van der Waals surface area contributed by atoms with Crippen LogP contribution in [0.25, 0.3) is 0 Å². The summed E-state index contributed by atoms with van der Waals surface area (Å²) in [7, 11) is 0. The Labute approximate surface area is 159 Å². The van der Waals surface area contributed by atoms with Gasteiger partial charge in [0.15, 0.2) is 0 Å². The summed E-state index contributed by atoms with van der Waals surface area (Å²) in [6.07, 6.45) is 3.42. The van der Waals surface area contributed by atoms with Gasteiger partial charge in [0.25, 0.3) is 5.91 Å². The zero-order chi connectivity index (χ0) is 18.9. The Balaban J connectivity index is 1.48. The molecule has 0 unspecified atom stereocenters. The van der Waals surface area contributed by atoms with Gasteiger partial charge in [-0.15, -0.1) is 0 Å². The first-order valence-electron chi connectivity index (χ1n) is 9.16. The molecule has 5 heteroatoms. The second kappa shape index (κ2) is 9.48. The molecule has 1 aromatic heterocycles. The Morgan fingerprint density at radius 1 is 0.963 bits per heavy atom. The van der Waals surface area contributed by atoms with E-state index in [1.807, 2.05) is 55.5 Å². The Hall–Kier alpha value is -3.21. The molecule has 3 aromatic rings. The molecule has 0 radical (unpaired) electrons. The number of rotatable bonds is 8. The molecule has 3 rings (SSSR count). The van der Waals surface area contributed by atoms with E-state index >= 15 is 0 Å². The predicted molar refractivity (Wildman–Crippen MR) is 108 cm³/mol. The average Bonchev–Trinajstić information content (AvgIpc) is 2.71. The van der Waals surface area contributed by atoms with E-state index in [2.05, 4.69) is 32.7 Å². The van der Waals surface area contributed by atoms with Crippen molar-refractivity contribution in [3.8, 4) is 0 Å². The monoisotopic (exact) mass is 360 g/mol. The number of nitrogens with zero attached hydrogens (tertiary/aromatic N) is 2. The molecule has 2 N–H and O–H groups in total. The molecular formula is C22H24N4O. The number of benzene rings is 2. The van der Waals surface area contributed by atoms with Crippen LogP contribution in [-0.2, 0) is 13.0 Å². The summed E-state index contributed by atoms with van der Waals surface area (Å²) in [6, 6.07) is 20.3. The predicted octanol–water partition coefficient (Wildman–Crippen LogP) is 3.76. The molecule has 0 fully saturated rings. The van der Waals surface area contributed by atoms with Gasteiger partial charge in [-0.1, -0.05) is 60.7 Å². The van der Waals surface area contributed by atoms with E-state index in [0.29, 0.717) is 30.3 Å². The van der Waals surface area contributed by atoms with E-state index in [4.69, 9.17) is 0 Å². The molecule has 5 nitrogen and oxygen atoms in total. The van der Waals surface area contributed by atoms with E-state index in [0.717, 1.165) is 18.4 Å². The minimum Gasteiger partial charge on any atom is -0.352 e. The number of aryl methyl sites for hydroxylation is 2. The van der Waals surface area contributed by atoms with Crippen molar-refractivity contribution < 1.29 is 4.79 Å². The van der Waals surface area contributed by atoms with Gasteiger partial charge >= 0.3 is 0 Å². The smallest absolute Gasteiger partial charge is 0.254 e. The highest BCUT2D eigenvalue weighted by molar-refractivity contribution is 5.94. The van der Waals surface area contributed by atoms with E-state index in [-0.39, 0.29) is 5.91 Å². The first kappa shape index (κ1) is 18.6. The summed E-state index contributed by atoms with van der Waals surface area (Å²) in [5.74, 6) is 0.396. The molecule has 0 aliphatic heterocycles. The van der Waals surface area contributed by atoms with Gasteiger partial charge in [-0.3, -0.25) is 4.79 Å². The maximum Gasteiger partial charge on any atom is 0.254 e. The Kier molecular flexibility index (Phi) is 6.52. The number of nitrogens with one attached hydrogen (secondary N) is 2. The van der Waals surface area contributed by atoms with Crippen molar-refractivity contribution in [2.75, 3.05) is 11.9 Å². The third-order valence-corrected chi connectivity index (χ3v) is 4.29. The summed E-state index contributed by atoms with van der Waals surface area (Å²) in [5, 5.41) is 6.13. The summed E-state index contributed by atoms with van der Waals surface area (Å²) >= 11 is 0. The number of amides is 1. The molecule has 138 valence electrons. The number of hydrogen-bond acceptors (Lipinski definition) is 4. The van der Waals surface area contributed by atoms with Gasteiger partial charge in [-0.25, -0.2) is 9.97 Å². The van der Waals surface area contributed by atoms with Crippen molar-refractivity contribution in [1.29, 1.82) is 0 Å².